The SMILES string of the molecule is CCCCCCCCCCCCCCCCCCCCCCOc1ccc(C=CC(=S)c2ccc(CCC)cc2)cc1. The van der Waals surface area contributed by atoms with E-state index in [0.29, 0.717) is 0 Å². The van der Waals surface area contributed by atoms with Gasteiger partial charge < -0.3 is 4.74 Å². The van der Waals surface area contributed by atoms with E-state index in [0.717, 1.165) is 41.2 Å². The first-order valence-electron chi connectivity index (χ1n) is 17.8. The van der Waals surface area contributed by atoms with Crippen LogP contribution >= 0.6 is 12.2 Å². The highest BCUT2D eigenvalue weighted by Crippen LogP contribution is 2.17. The van der Waals surface area contributed by atoms with Gasteiger partial charge in [0.1, 0.15) is 5.75 Å². The van der Waals surface area contributed by atoms with E-state index in [9.17, 15) is 0 Å². The first-order chi connectivity index (χ1) is 20.7. The van der Waals surface area contributed by atoms with Crippen molar-refractivity contribution >= 4 is 23.2 Å². The Balaban J connectivity index is 1.38. The third-order valence-corrected chi connectivity index (χ3v) is 8.72. The van der Waals surface area contributed by atoms with Crippen LogP contribution in [0.5, 0.6) is 5.75 Å². The molecule has 0 aliphatic heterocycles. The van der Waals surface area contributed by atoms with Crippen LogP contribution in [0.1, 0.15) is 165 Å². The highest BCUT2D eigenvalue weighted by molar-refractivity contribution is 7.81. The first kappa shape index (κ1) is 36.3. The summed E-state index contributed by atoms with van der Waals surface area (Å²) >= 11 is 5.61. The number of benzene rings is 2. The molecular weight excluding hydrogens is 529 g/mol. The summed E-state index contributed by atoms with van der Waals surface area (Å²) in [4.78, 5) is 0.873. The lowest BCUT2D eigenvalue weighted by atomic mass is 10.0. The molecular formula is C40H62OS. The van der Waals surface area contributed by atoms with Gasteiger partial charge in [0, 0.05) is 4.86 Å². The summed E-state index contributed by atoms with van der Waals surface area (Å²) in [6.45, 7) is 5.32. The molecule has 0 atom stereocenters. The molecule has 0 radical (unpaired) electrons. The van der Waals surface area contributed by atoms with Gasteiger partial charge >= 0.3 is 0 Å². The Bertz CT molecular complexity index is 927. The fraction of sp³-hybridized carbons (Fsp3) is 0.625. The van der Waals surface area contributed by atoms with E-state index in [1.807, 2.05) is 6.08 Å². The number of ether oxygens (including phenoxy) is 1. The van der Waals surface area contributed by atoms with Gasteiger partial charge in [-0.25, -0.2) is 0 Å². The summed E-state index contributed by atoms with van der Waals surface area (Å²) in [6.07, 6.45) is 34.6. The average Bonchev–Trinajstić information content (AvgIpc) is 3.01. The van der Waals surface area contributed by atoms with Crippen molar-refractivity contribution in [3.05, 3.63) is 71.3 Å². The number of allylic oxidation sites excluding steroid dienone is 1. The van der Waals surface area contributed by atoms with Gasteiger partial charge in [-0.2, -0.15) is 0 Å². The molecule has 0 spiro atoms. The Morgan fingerprint density at radius 1 is 0.548 bits per heavy atom. The zero-order valence-electron chi connectivity index (χ0n) is 27.4. The van der Waals surface area contributed by atoms with Crippen molar-refractivity contribution in [2.45, 2.75) is 155 Å². The number of hydrogen-bond acceptors (Lipinski definition) is 2. The summed E-state index contributed by atoms with van der Waals surface area (Å²) in [5.74, 6) is 0.957. The van der Waals surface area contributed by atoms with E-state index in [1.54, 1.807) is 0 Å². The molecule has 2 heteroatoms. The van der Waals surface area contributed by atoms with Crippen molar-refractivity contribution in [2.75, 3.05) is 6.61 Å². The number of rotatable bonds is 27. The highest BCUT2D eigenvalue weighted by atomic mass is 32.1. The van der Waals surface area contributed by atoms with Crippen LogP contribution in [-0.2, 0) is 6.42 Å². The zero-order chi connectivity index (χ0) is 29.9. The third-order valence-electron chi connectivity index (χ3n) is 8.35. The second-order valence-electron chi connectivity index (χ2n) is 12.3. The Hall–Kier alpha value is -1.93. The van der Waals surface area contributed by atoms with Crippen LogP contribution in [0.15, 0.2) is 54.6 Å². The monoisotopic (exact) mass is 590 g/mol. The lowest BCUT2D eigenvalue weighted by Gasteiger charge is -2.07. The molecule has 0 bridgehead atoms. The Labute approximate surface area is 265 Å². The van der Waals surface area contributed by atoms with E-state index in [2.05, 4.69) is 68.5 Å². The van der Waals surface area contributed by atoms with Gasteiger partial charge in [0.2, 0.25) is 0 Å². The van der Waals surface area contributed by atoms with Crippen LogP contribution in [0.2, 0.25) is 0 Å². The molecule has 0 aliphatic rings. The average molecular weight is 591 g/mol. The zero-order valence-corrected chi connectivity index (χ0v) is 28.2. The molecule has 2 aromatic rings. The predicted molar refractivity (Wildman–Crippen MR) is 191 cm³/mol. The van der Waals surface area contributed by atoms with Crippen molar-refractivity contribution in [2.24, 2.45) is 0 Å². The Kier molecular flexibility index (Phi) is 22.1. The van der Waals surface area contributed by atoms with Crippen molar-refractivity contribution in [1.29, 1.82) is 0 Å². The standard InChI is InChI=1S/C40H62OS/c1-3-5-6-7-8-9-10-11-12-13-14-15-16-17-18-19-20-21-22-23-35-41-39-32-27-37(28-33-39)29-34-40(42)38-30-25-36(24-4-2)26-31-38/h25-34H,3-24,35H2,1-2H3. The van der Waals surface area contributed by atoms with E-state index >= 15 is 0 Å². The molecule has 0 N–H and O–H groups in total. The normalized spacial score (nSPS) is 11.4. The highest BCUT2D eigenvalue weighted by Gasteiger charge is 2.00. The maximum Gasteiger partial charge on any atom is 0.119 e. The van der Waals surface area contributed by atoms with Gasteiger partial charge in [0.05, 0.1) is 6.61 Å². The minimum absolute atomic E-state index is 0.812. The van der Waals surface area contributed by atoms with Crippen molar-refractivity contribution in [3.63, 3.8) is 0 Å². The lowest BCUT2D eigenvalue weighted by molar-refractivity contribution is 0.304. The van der Waals surface area contributed by atoms with Gasteiger partial charge in [-0.15, -0.1) is 0 Å². The number of thiocarbonyl (C=S) groups is 1. The maximum atomic E-state index is 5.97. The molecule has 0 aliphatic carbocycles. The summed E-state index contributed by atoms with van der Waals surface area (Å²) in [6, 6.07) is 17.0. The van der Waals surface area contributed by atoms with E-state index in [1.165, 1.54) is 134 Å². The molecule has 42 heavy (non-hydrogen) atoms. The van der Waals surface area contributed by atoms with Crippen LogP contribution in [-0.4, -0.2) is 11.5 Å². The number of hydrogen-bond donors (Lipinski definition) is 0. The quantitative estimate of drug-likeness (QED) is 0.0443. The minimum atomic E-state index is 0.812. The molecule has 0 saturated heterocycles. The largest absolute Gasteiger partial charge is 0.494 e. The van der Waals surface area contributed by atoms with Crippen LogP contribution in [0.4, 0.5) is 0 Å². The molecule has 2 aromatic carbocycles. The minimum Gasteiger partial charge on any atom is -0.494 e. The topological polar surface area (TPSA) is 9.23 Å². The number of unbranched alkanes of at least 4 members (excludes halogenated alkanes) is 19. The Morgan fingerprint density at radius 2 is 1.00 bits per heavy atom. The van der Waals surface area contributed by atoms with Crippen LogP contribution in [0, 0.1) is 0 Å². The molecule has 0 heterocycles. The third kappa shape index (κ3) is 18.6. The van der Waals surface area contributed by atoms with E-state index in [-0.39, 0.29) is 0 Å². The predicted octanol–water partition coefficient (Wildman–Crippen LogP) is 13.3. The van der Waals surface area contributed by atoms with E-state index < -0.39 is 0 Å². The van der Waals surface area contributed by atoms with Crippen LogP contribution in [0.3, 0.4) is 0 Å². The second-order valence-corrected chi connectivity index (χ2v) is 12.7. The van der Waals surface area contributed by atoms with Crippen molar-refractivity contribution < 1.29 is 4.74 Å². The van der Waals surface area contributed by atoms with Gasteiger partial charge in [-0.3, -0.25) is 0 Å². The van der Waals surface area contributed by atoms with Gasteiger partial charge in [0.25, 0.3) is 0 Å². The van der Waals surface area contributed by atoms with Gasteiger partial charge in [0.15, 0.2) is 0 Å². The lowest BCUT2D eigenvalue weighted by Crippen LogP contribution is -1.97. The van der Waals surface area contributed by atoms with Crippen LogP contribution in [0.25, 0.3) is 6.08 Å². The van der Waals surface area contributed by atoms with E-state index in [4.69, 9.17) is 17.0 Å². The molecule has 1 nitrogen and oxygen atoms in total. The molecule has 0 fully saturated rings. The van der Waals surface area contributed by atoms with Crippen molar-refractivity contribution in [3.8, 4) is 5.75 Å². The second kappa shape index (κ2) is 25.6. The van der Waals surface area contributed by atoms with Gasteiger partial charge in [-0.05, 0) is 47.7 Å². The Morgan fingerprint density at radius 3 is 1.45 bits per heavy atom. The molecule has 2 rings (SSSR count). The summed E-state index contributed by atoms with van der Waals surface area (Å²) in [5, 5.41) is 0. The van der Waals surface area contributed by atoms with Crippen LogP contribution < -0.4 is 4.74 Å². The van der Waals surface area contributed by atoms with Gasteiger partial charge in [-0.1, -0.05) is 197 Å². The summed E-state index contributed by atoms with van der Waals surface area (Å²) in [7, 11) is 0. The molecule has 0 saturated carbocycles. The molecule has 0 amide bonds. The number of aryl methyl sites for hydroxylation is 1. The fourth-order valence-corrected chi connectivity index (χ4v) is 5.82. The van der Waals surface area contributed by atoms with Crippen molar-refractivity contribution in [1.82, 2.24) is 0 Å². The molecule has 234 valence electrons. The fourth-order valence-electron chi connectivity index (χ4n) is 5.61. The molecule has 0 aromatic heterocycles. The maximum absolute atomic E-state index is 5.97. The first-order valence-corrected chi connectivity index (χ1v) is 18.2. The summed E-state index contributed by atoms with van der Waals surface area (Å²) in [5.41, 5.74) is 3.63. The molecule has 0 unspecified atom stereocenters. The summed E-state index contributed by atoms with van der Waals surface area (Å²) < 4.78 is 5.97. The smallest absolute Gasteiger partial charge is 0.119 e.